The highest BCUT2D eigenvalue weighted by atomic mass is 32.1. The number of esters is 1. The monoisotopic (exact) mass is 253 g/mol. The summed E-state index contributed by atoms with van der Waals surface area (Å²) in [6, 6.07) is 2.12. The summed E-state index contributed by atoms with van der Waals surface area (Å²) in [5.41, 5.74) is 2.05. The van der Waals surface area contributed by atoms with Gasteiger partial charge in [-0.2, -0.15) is 11.3 Å². The van der Waals surface area contributed by atoms with E-state index in [2.05, 4.69) is 21.7 Å². The van der Waals surface area contributed by atoms with Gasteiger partial charge in [0.15, 0.2) is 0 Å². The van der Waals surface area contributed by atoms with Gasteiger partial charge in [-0.3, -0.25) is 4.90 Å². The Morgan fingerprint density at radius 1 is 1.59 bits per heavy atom. The third-order valence-electron chi connectivity index (χ3n) is 2.51. The first kappa shape index (κ1) is 13.9. The van der Waals surface area contributed by atoms with E-state index in [1.54, 1.807) is 11.3 Å². The van der Waals surface area contributed by atoms with E-state index >= 15 is 0 Å². The van der Waals surface area contributed by atoms with Crippen LogP contribution in [0.4, 0.5) is 0 Å². The maximum absolute atomic E-state index is 11.4. The Balaban J connectivity index is 2.47. The van der Waals surface area contributed by atoms with E-state index in [1.165, 1.54) is 12.7 Å². The van der Waals surface area contributed by atoms with Gasteiger partial charge in [0.2, 0.25) is 0 Å². The summed E-state index contributed by atoms with van der Waals surface area (Å²) in [5.74, 6) is -0.226. The zero-order valence-corrected chi connectivity index (χ0v) is 11.4. The molecule has 0 N–H and O–H groups in total. The van der Waals surface area contributed by atoms with Crippen molar-refractivity contribution in [3.63, 3.8) is 0 Å². The molecule has 1 aromatic heterocycles. The fourth-order valence-electron chi connectivity index (χ4n) is 1.53. The summed E-state index contributed by atoms with van der Waals surface area (Å²) >= 11 is 1.70. The second-order valence-electron chi connectivity index (χ2n) is 3.90. The fourth-order valence-corrected chi connectivity index (χ4v) is 2.19. The second-order valence-corrected chi connectivity index (χ2v) is 4.68. The first-order chi connectivity index (χ1) is 8.17. The van der Waals surface area contributed by atoms with Crippen molar-refractivity contribution in [3.8, 4) is 0 Å². The lowest BCUT2D eigenvalue weighted by atomic mass is 10.2. The molecular formula is C13H19NO2S. The van der Waals surface area contributed by atoms with Crippen molar-refractivity contribution in [2.45, 2.75) is 19.9 Å². The van der Waals surface area contributed by atoms with Crippen LogP contribution in [-0.4, -0.2) is 31.6 Å². The number of hydrogen-bond acceptors (Lipinski definition) is 4. The number of hydrogen-bond donors (Lipinski definition) is 0. The van der Waals surface area contributed by atoms with Crippen molar-refractivity contribution in [2.24, 2.45) is 0 Å². The lowest BCUT2D eigenvalue weighted by Crippen LogP contribution is -2.18. The summed E-state index contributed by atoms with van der Waals surface area (Å²) in [5, 5.41) is 4.21. The van der Waals surface area contributed by atoms with Gasteiger partial charge in [-0.05, 0) is 35.9 Å². The fraction of sp³-hybridized carbons (Fsp3) is 0.462. The van der Waals surface area contributed by atoms with Gasteiger partial charge in [0.25, 0.3) is 0 Å². The maximum Gasteiger partial charge on any atom is 0.333 e. The van der Waals surface area contributed by atoms with Crippen LogP contribution in [0.15, 0.2) is 28.5 Å². The Labute approximate surface area is 107 Å². The zero-order valence-electron chi connectivity index (χ0n) is 10.6. The molecule has 3 nitrogen and oxygen atoms in total. The number of carbonyl (C=O) groups is 1. The molecule has 0 amide bonds. The molecule has 0 atom stereocenters. The number of carbonyl (C=O) groups excluding carboxylic acids is 1. The number of thiophene rings is 1. The summed E-state index contributed by atoms with van der Waals surface area (Å²) in [7, 11) is 3.46. The molecule has 17 heavy (non-hydrogen) atoms. The van der Waals surface area contributed by atoms with Crippen LogP contribution in [0, 0.1) is 0 Å². The average molecular weight is 253 g/mol. The first-order valence-corrected chi connectivity index (χ1v) is 6.58. The van der Waals surface area contributed by atoms with Crippen LogP contribution >= 0.6 is 11.3 Å². The van der Waals surface area contributed by atoms with E-state index < -0.39 is 0 Å². The number of nitrogens with zero attached hydrogens (tertiary/aromatic N) is 1. The zero-order chi connectivity index (χ0) is 12.7. The van der Waals surface area contributed by atoms with Crippen LogP contribution in [-0.2, 0) is 16.1 Å². The molecule has 0 bridgehead atoms. The van der Waals surface area contributed by atoms with Crippen LogP contribution < -0.4 is 0 Å². The van der Waals surface area contributed by atoms with Gasteiger partial charge >= 0.3 is 5.97 Å². The third kappa shape index (κ3) is 4.71. The molecule has 0 fully saturated rings. The first-order valence-electron chi connectivity index (χ1n) is 5.64. The number of methoxy groups -OCH3 is 1. The minimum atomic E-state index is -0.226. The van der Waals surface area contributed by atoms with Crippen LogP contribution in [0.25, 0.3) is 0 Å². The highest BCUT2D eigenvalue weighted by Crippen LogP contribution is 2.09. The lowest BCUT2D eigenvalue weighted by molar-refractivity contribution is -0.136. The van der Waals surface area contributed by atoms with Crippen LogP contribution in [0.5, 0.6) is 0 Å². The topological polar surface area (TPSA) is 29.5 Å². The van der Waals surface area contributed by atoms with Crippen molar-refractivity contribution in [3.05, 3.63) is 34.0 Å². The van der Waals surface area contributed by atoms with E-state index in [4.69, 9.17) is 4.74 Å². The Bertz CT molecular complexity index is 371. The molecule has 4 heteroatoms. The van der Waals surface area contributed by atoms with Crippen molar-refractivity contribution >= 4 is 17.3 Å². The number of ether oxygens (including phenoxy) is 1. The van der Waals surface area contributed by atoms with Crippen LogP contribution in [0.3, 0.4) is 0 Å². The summed E-state index contributed by atoms with van der Waals surface area (Å²) < 4.78 is 4.72. The smallest absolute Gasteiger partial charge is 0.333 e. The summed E-state index contributed by atoms with van der Waals surface area (Å²) in [4.78, 5) is 13.5. The molecule has 94 valence electrons. The van der Waals surface area contributed by atoms with Gasteiger partial charge in [0.05, 0.1) is 7.11 Å². The molecular weight excluding hydrogens is 234 g/mol. The second kappa shape index (κ2) is 7.25. The average Bonchev–Trinajstić information content (AvgIpc) is 2.82. The van der Waals surface area contributed by atoms with Crippen molar-refractivity contribution in [2.75, 3.05) is 20.7 Å². The molecule has 0 aliphatic heterocycles. The van der Waals surface area contributed by atoms with Gasteiger partial charge in [-0.1, -0.05) is 13.0 Å². The highest BCUT2D eigenvalue weighted by molar-refractivity contribution is 7.07. The third-order valence-corrected chi connectivity index (χ3v) is 3.24. The molecule has 0 spiro atoms. The van der Waals surface area contributed by atoms with E-state index in [0.717, 1.165) is 18.7 Å². The normalized spacial score (nSPS) is 11.9. The molecule has 0 aliphatic rings. The van der Waals surface area contributed by atoms with Crippen molar-refractivity contribution < 1.29 is 9.53 Å². The molecule has 0 saturated carbocycles. The predicted octanol–water partition coefficient (Wildman–Crippen LogP) is 2.69. The van der Waals surface area contributed by atoms with Gasteiger partial charge in [0.1, 0.15) is 0 Å². The Morgan fingerprint density at radius 2 is 2.35 bits per heavy atom. The van der Waals surface area contributed by atoms with E-state index in [1.807, 2.05) is 20.0 Å². The van der Waals surface area contributed by atoms with Gasteiger partial charge < -0.3 is 4.74 Å². The van der Waals surface area contributed by atoms with E-state index in [-0.39, 0.29) is 5.97 Å². The van der Waals surface area contributed by atoms with Crippen molar-refractivity contribution in [1.82, 2.24) is 4.90 Å². The molecule has 1 aromatic rings. The molecule has 0 saturated heterocycles. The molecule has 0 aromatic carbocycles. The summed E-state index contributed by atoms with van der Waals surface area (Å²) in [6.07, 6.45) is 2.65. The van der Waals surface area contributed by atoms with Crippen molar-refractivity contribution in [1.29, 1.82) is 0 Å². The van der Waals surface area contributed by atoms with E-state index in [0.29, 0.717) is 6.42 Å². The lowest BCUT2D eigenvalue weighted by Gasteiger charge is -2.14. The summed E-state index contributed by atoms with van der Waals surface area (Å²) in [6.45, 7) is 3.62. The minimum Gasteiger partial charge on any atom is -0.466 e. The van der Waals surface area contributed by atoms with Gasteiger partial charge in [0, 0.05) is 18.7 Å². The number of rotatable bonds is 6. The Hall–Kier alpha value is -1.13. The highest BCUT2D eigenvalue weighted by Gasteiger charge is 2.07. The maximum atomic E-state index is 11.4. The standard InChI is InChI=1S/C13H19NO2S/c1-4-12(13(15)16-3)5-7-14(2)9-11-6-8-17-10-11/h5-6,8,10H,4,7,9H2,1-3H3. The molecule has 1 heterocycles. The van der Waals surface area contributed by atoms with Crippen LogP contribution in [0.2, 0.25) is 0 Å². The van der Waals surface area contributed by atoms with Gasteiger partial charge in [-0.25, -0.2) is 4.79 Å². The predicted molar refractivity (Wildman–Crippen MR) is 71.0 cm³/mol. The van der Waals surface area contributed by atoms with Gasteiger partial charge in [-0.15, -0.1) is 0 Å². The van der Waals surface area contributed by atoms with Crippen LogP contribution in [0.1, 0.15) is 18.9 Å². The molecule has 0 unspecified atom stereocenters. The Kier molecular flexibility index (Phi) is 5.94. The molecule has 0 radical (unpaired) electrons. The van der Waals surface area contributed by atoms with E-state index in [9.17, 15) is 4.79 Å². The Morgan fingerprint density at radius 3 is 2.88 bits per heavy atom. The minimum absolute atomic E-state index is 0.226. The quantitative estimate of drug-likeness (QED) is 0.576. The molecule has 0 aliphatic carbocycles. The molecule has 1 rings (SSSR count). The SMILES string of the molecule is CCC(=CCN(C)Cc1ccsc1)C(=O)OC. The largest absolute Gasteiger partial charge is 0.466 e. The number of likely N-dealkylation sites (N-methyl/N-ethyl adjacent to an activating group) is 1.